The first-order chi connectivity index (χ1) is 3.72. The average Bonchev–Trinajstić information content (AvgIpc) is 1.98. The number of aliphatic hydroxyl groups is 2. The van der Waals surface area contributed by atoms with E-state index in [4.69, 9.17) is 10.2 Å². The first-order valence-electron chi connectivity index (χ1n) is 2.15. The Morgan fingerprint density at radius 3 is 2.25 bits per heavy atom. The van der Waals surface area contributed by atoms with Crippen LogP contribution >= 0.6 is 0 Å². The van der Waals surface area contributed by atoms with Crippen LogP contribution in [0.4, 0.5) is 0 Å². The van der Waals surface area contributed by atoms with Crippen LogP contribution in [0.25, 0.3) is 0 Å². The van der Waals surface area contributed by atoms with Gasteiger partial charge in [-0.25, -0.2) is 0 Å². The third-order valence-corrected chi connectivity index (χ3v) is 0.921. The van der Waals surface area contributed by atoms with E-state index >= 15 is 0 Å². The van der Waals surface area contributed by atoms with Gasteiger partial charge in [-0.05, 0) is 0 Å². The molecule has 0 aliphatic carbocycles. The topological polar surface area (TPSA) is 49.7 Å². The minimum atomic E-state index is -0.421. The normalized spacial score (nSPS) is 19.2. The van der Waals surface area contributed by atoms with E-state index in [1.807, 2.05) is 0 Å². The molecule has 1 heterocycles. The summed E-state index contributed by atoms with van der Waals surface area (Å²) in [6.07, 6.45) is 0. The predicted molar refractivity (Wildman–Crippen MR) is 27.4 cm³/mol. The zero-order valence-corrected chi connectivity index (χ0v) is 4.22. The van der Waals surface area contributed by atoms with Crippen molar-refractivity contribution in [2.75, 3.05) is 6.61 Å². The van der Waals surface area contributed by atoms with Crippen molar-refractivity contribution in [1.82, 2.24) is 0 Å². The summed E-state index contributed by atoms with van der Waals surface area (Å²) in [5.41, 5.74) is 0.419. The molecule has 0 aromatic carbocycles. The van der Waals surface area contributed by atoms with Crippen LogP contribution in [0.2, 0.25) is 0 Å². The van der Waals surface area contributed by atoms with Gasteiger partial charge in [-0.2, -0.15) is 0 Å². The van der Waals surface area contributed by atoms with Crippen LogP contribution in [-0.2, 0) is 4.74 Å². The molecule has 0 spiro atoms. The molecule has 44 valence electrons. The second-order valence-corrected chi connectivity index (χ2v) is 1.55. The first kappa shape index (κ1) is 5.03. The molecule has 1 aliphatic rings. The van der Waals surface area contributed by atoms with Crippen molar-refractivity contribution in [3.8, 4) is 0 Å². The summed E-state index contributed by atoms with van der Waals surface area (Å²) < 4.78 is 4.46. The highest BCUT2D eigenvalue weighted by Crippen LogP contribution is 2.17. The molecule has 1 aliphatic heterocycles. The molecule has 0 saturated carbocycles. The first-order valence-corrected chi connectivity index (χ1v) is 2.15. The van der Waals surface area contributed by atoms with Crippen LogP contribution < -0.4 is 0 Å². The van der Waals surface area contributed by atoms with E-state index < -0.39 is 5.95 Å². The lowest BCUT2D eigenvalue weighted by Gasteiger charge is -1.87. The second-order valence-electron chi connectivity index (χ2n) is 1.55. The molecule has 3 heteroatoms. The minimum absolute atomic E-state index is 0.192. The van der Waals surface area contributed by atoms with E-state index in [0.717, 1.165) is 0 Å². The number of hydrogen-bond acceptors (Lipinski definition) is 3. The molecule has 8 heavy (non-hydrogen) atoms. The molecule has 0 unspecified atom stereocenters. The summed E-state index contributed by atoms with van der Waals surface area (Å²) in [4.78, 5) is 0. The Bertz CT molecular complexity index is 157. The van der Waals surface area contributed by atoms with Crippen molar-refractivity contribution in [3.63, 3.8) is 0 Å². The molecule has 1 rings (SSSR count). The Labute approximate surface area is 46.5 Å². The molecular formula is C5H6O3. The molecule has 0 aromatic rings. The number of rotatable bonds is 0. The van der Waals surface area contributed by atoms with Gasteiger partial charge < -0.3 is 14.9 Å². The van der Waals surface area contributed by atoms with Crippen LogP contribution in [0.5, 0.6) is 0 Å². The zero-order chi connectivity index (χ0) is 6.15. The lowest BCUT2D eigenvalue weighted by Crippen LogP contribution is -1.82. The van der Waals surface area contributed by atoms with Gasteiger partial charge in [0, 0.05) is 5.57 Å². The van der Waals surface area contributed by atoms with E-state index in [2.05, 4.69) is 11.3 Å². The van der Waals surface area contributed by atoms with Crippen molar-refractivity contribution in [2.24, 2.45) is 0 Å². The van der Waals surface area contributed by atoms with Crippen molar-refractivity contribution >= 4 is 0 Å². The van der Waals surface area contributed by atoms with Gasteiger partial charge in [0.1, 0.15) is 6.61 Å². The molecule has 3 nitrogen and oxygen atoms in total. The quantitative estimate of drug-likeness (QED) is 0.491. The Morgan fingerprint density at radius 2 is 2.12 bits per heavy atom. The van der Waals surface area contributed by atoms with Crippen LogP contribution in [0, 0.1) is 0 Å². The highest BCUT2D eigenvalue weighted by Gasteiger charge is 2.17. The molecule has 0 amide bonds. The van der Waals surface area contributed by atoms with Crippen molar-refractivity contribution in [3.05, 3.63) is 23.9 Å². The summed E-state index contributed by atoms with van der Waals surface area (Å²) in [6, 6.07) is 0. The summed E-state index contributed by atoms with van der Waals surface area (Å²) in [7, 11) is 0. The van der Waals surface area contributed by atoms with E-state index in [1.165, 1.54) is 0 Å². The Morgan fingerprint density at radius 1 is 1.50 bits per heavy atom. The van der Waals surface area contributed by atoms with Gasteiger partial charge in [0.15, 0.2) is 0 Å². The van der Waals surface area contributed by atoms with Gasteiger partial charge in [-0.15, -0.1) is 0 Å². The molecule has 0 bridgehead atoms. The second kappa shape index (κ2) is 1.43. The van der Waals surface area contributed by atoms with E-state index in [1.54, 1.807) is 0 Å². The summed E-state index contributed by atoms with van der Waals surface area (Å²) in [5, 5.41) is 17.2. The molecule has 2 N–H and O–H groups in total. The minimum Gasteiger partial charge on any atom is -0.502 e. The van der Waals surface area contributed by atoms with Gasteiger partial charge in [0.05, 0.1) is 0 Å². The largest absolute Gasteiger partial charge is 0.502 e. The third-order valence-electron chi connectivity index (χ3n) is 0.921. The fraction of sp³-hybridized carbons (Fsp3) is 0.200. The molecule has 0 atom stereocenters. The van der Waals surface area contributed by atoms with Gasteiger partial charge >= 0.3 is 5.95 Å². The maximum Gasteiger partial charge on any atom is 0.321 e. The van der Waals surface area contributed by atoms with Crippen molar-refractivity contribution in [2.45, 2.75) is 0 Å². The number of aliphatic hydroxyl groups excluding tert-OH is 2. The highest BCUT2D eigenvalue weighted by atomic mass is 16.6. The Balaban J connectivity index is 2.86. The fourth-order valence-electron chi connectivity index (χ4n) is 0.443. The van der Waals surface area contributed by atoms with Crippen molar-refractivity contribution < 1.29 is 14.9 Å². The Hall–Kier alpha value is -1.12. The number of hydrogen-bond donors (Lipinski definition) is 2. The maximum absolute atomic E-state index is 8.67. The SMILES string of the molecule is C=C1COC(O)=C1O. The van der Waals surface area contributed by atoms with Gasteiger partial charge in [-0.3, -0.25) is 0 Å². The monoisotopic (exact) mass is 114 g/mol. The van der Waals surface area contributed by atoms with Crippen molar-refractivity contribution in [1.29, 1.82) is 0 Å². The summed E-state index contributed by atoms with van der Waals surface area (Å²) in [5.74, 6) is -0.653. The number of ether oxygens (including phenoxy) is 1. The molecule has 0 fully saturated rings. The predicted octanol–water partition coefficient (Wildman–Crippen LogP) is 0.858. The van der Waals surface area contributed by atoms with E-state index in [0.29, 0.717) is 5.57 Å². The highest BCUT2D eigenvalue weighted by molar-refractivity contribution is 5.26. The van der Waals surface area contributed by atoms with E-state index in [-0.39, 0.29) is 12.4 Å². The standard InChI is InChI=1S/C5H6O3/c1-3-2-8-5(7)4(3)6/h6-7H,1-2H2. The van der Waals surface area contributed by atoms with Gasteiger partial charge in [0.2, 0.25) is 5.76 Å². The van der Waals surface area contributed by atoms with Gasteiger partial charge in [0.25, 0.3) is 0 Å². The van der Waals surface area contributed by atoms with E-state index in [9.17, 15) is 0 Å². The lowest BCUT2D eigenvalue weighted by molar-refractivity contribution is 0.116. The molecular weight excluding hydrogens is 108 g/mol. The maximum atomic E-state index is 8.67. The van der Waals surface area contributed by atoms with Crippen LogP contribution in [-0.4, -0.2) is 16.8 Å². The summed E-state index contributed by atoms with van der Waals surface area (Å²) >= 11 is 0. The Kier molecular flexibility index (Phi) is 0.901. The van der Waals surface area contributed by atoms with Crippen LogP contribution in [0.15, 0.2) is 23.9 Å². The average molecular weight is 114 g/mol. The molecule has 0 radical (unpaired) electrons. The fourth-order valence-corrected chi connectivity index (χ4v) is 0.443. The van der Waals surface area contributed by atoms with Crippen LogP contribution in [0.3, 0.4) is 0 Å². The van der Waals surface area contributed by atoms with Crippen LogP contribution in [0.1, 0.15) is 0 Å². The molecule has 0 saturated heterocycles. The van der Waals surface area contributed by atoms with Gasteiger partial charge in [-0.1, -0.05) is 6.58 Å². The molecule has 0 aromatic heterocycles. The smallest absolute Gasteiger partial charge is 0.321 e. The zero-order valence-electron chi connectivity index (χ0n) is 4.22. The summed E-state index contributed by atoms with van der Waals surface area (Å²) in [6.45, 7) is 3.58. The lowest BCUT2D eigenvalue weighted by atomic mass is 10.3. The third kappa shape index (κ3) is 0.521.